The molecule has 0 N–H and O–H groups in total. The van der Waals surface area contributed by atoms with Crippen LogP contribution < -0.4 is 0 Å². The molecule has 0 heterocycles. The summed E-state index contributed by atoms with van der Waals surface area (Å²) in [6.45, 7) is 11.4. The summed E-state index contributed by atoms with van der Waals surface area (Å²) in [7, 11) is 0. The van der Waals surface area contributed by atoms with Gasteiger partial charge in [0.05, 0.1) is 0 Å². The van der Waals surface area contributed by atoms with Crippen molar-refractivity contribution in [1.29, 1.82) is 0 Å². The Kier molecular flexibility index (Phi) is 5.05. The van der Waals surface area contributed by atoms with E-state index >= 15 is 0 Å². The van der Waals surface area contributed by atoms with E-state index in [1.165, 1.54) is 30.4 Å². The smallest absolute Gasteiger partial charge is 0.0134 e. The molecule has 0 aliphatic heterocycles. The molecule has 0 spiro atoms. The van der Waals surface area contributed by atoms with Crippen LogP contribution in [-0.2, 0) is 0 Å². The average Bonchev–Trinajstić information content (AvgIpc) is 2.22. The molecule has 0 aromatic rings. The first-order valence-electron chi connectivity index (χ1n) is 6.48. The monoisotopic (exact) mass is 218 g/mol. The second kappa shape index (κ2) is 6.08. The molecule has 0 aromatic heterocycles. The van der Waals surface area contributed by atoms with Gasteiger partial charge in [0.2, 0.25) is 0 Å². The van der Waals surface area contributed by atoms with Gasteiger partial charge in [0.1, 0.15) is 0 Å². The van der Waals surface area contributed by atoms with Crippen molar-refractivity contribution in [3.8, 4) is 0 Å². The fourth-order valence-electron chi connectivity index (χ4n) is 2.15. The van der Waals surface area contributed by atoms with Crippen molar-refractivity contribution in [3.05, 3.63) is 34.4 Å². The summed E-state index contributed by atoms with van der Waals surface area (Å²) >= 11 is 0. The molecule has 0 unspecified atom stereocenters. The first-order chi connectivity index (χ1) is 7.50. The van der Waals surface area contributed by atoms with Gasteiger partial charge in [-0.25, -0.2) is 0 Å². The van der Waals surface area contributed by atoms with E-state index in [2.05, 4.69) is 46.8 Å². The van der Waals surface area contributed by atoms with E-state index in [1.807, 2.05) is 0 Å². The van der Waals surface area contributed by atoms with Crippen LogP contribution in [0.2, 0.25) is 0 Å². The van der Waals surface area contributed by atoms with E-state index < -0.39 is 0 Å². The summed E-state index contributed by atoms with van der Waals surface area (Å²) in [6.07, 6.45) is 9.67. The van der Waals surface area contributed by atoms with Crippen LogP contribution in [-0.4, -0.2) is 0 Å². The Bertz CT molecular complexity index is 322. The van der Waals surface area contributed by atoms with Gasteiger partial charge >= 0.3 is 0 Å². The van der Waals surface area contributed by atoms with Crippen LogP contribution in [0.15, 0.2) is 34.4 Å². The molecule has 1 atom stereocenters. The highest BCUT2D eigenvalue weighted by atomic mass is 14.2. The Morgan fingerprint density at radius 2 is 1.88 bits per heavy atom. The average molecular weight is 218 g/mol. The van der Waals surface area contributed by atoms with E-state index in [4.69, 9.17) is 0 Å². The van der Waals surface area contributed by atoms with Crippen LogP contribution >= 0.6 is 0 Å². The molecule has 0 bridgehead atoms. The highest BCUT2D eigenvalue weighted by molar-refractivity contribution is 5.20. The predicted molar refractivity (Wildman–Crippen MR) is 73.5 cm³/mol. The fraction of sp³-hybridized carbons (Fsp3) is 0.625. The second-order valence-electron chi connectivity index (χ2n) is 5.45. The van der Waals surface area contributed by atoms with Crippen LogP contribution in [0.25, 0.3) is 0 Å². The van der Waals surface area contributed by atoms with E-state index in [0.717, 1.165) is 6.42 Å². The minimum atomic E-state index is 0.705. The number of allylic oxidation sites excluding steroid dienone is 6. The molecule has 0 radical (unpaired) electrons. The summed E-state index contributed by atoms with van der Waals surface area (Å²) in [5, 5.41) is 0. The van der Waals surface area contributed by atoms with Gasteiger partial charge in [0.15, 0.2) is 0 Å². The maximum Gasteiger partial charge on any atom is -0.0134 e. The zero-order chi connectivity index (χ0) is 12.1. The third-order valence-electron chi connectivity index (χ3n) is 3.74. The van der Waals surface area contributed by atoms with E-state index in [9.17, 15) is 0 Å². The first kappa shape index (κ1) is 13.3. The SMILES string of the molecule is CC(C)=C1C/C=C(\C)CC/C=C(\C)[C@H](C)C1. The van der Waals surface area contributed by atoms with Gasteiger partial charge in [-0.3, -0.25) is 0 Å². The minimum Gasteiger partial charge on any atom is -0.0850 e. The number of hydrogen-bond donors (Lipinski definition) is 0. The molecule has 0 saturated carbocycles. The second-order valence-corrected chi connectivity index (χ2v) is 5.45. The molecular formula is C16H26. The lowest BCUT2D eigenvalue weighted by Crippen LogP contribution is -2.01. The topological polar surface area (TPSA) is 0 Å². The first-order valence-corrected chi connectivity index (χ1v) is 6.48. The molecule has 1 rings (SSSR count). The fourth-order valence-corrected chi connectivity index (χ4v) is 2.15. The summed E-state index contributed by atoms with van der Waals surface area (Å²) in [4.78, 5) is 0. The van der Waals surface area contributed by atoms with Gasteiger partial charge in [0, 0.05) is 0 Å². The van der Waals surface area contributed by atoms with Crippen LogP contribution in [0.1, 0.15) is 60.3 Å². The van der Waals surface area contributed by atoms with Crippen molar-refractivity contribution in [2.75, 3.05) is 0 Å². The van der Waals surface area contributed by atoms with E-state index in [1.54, 1.807) is 11.1 Å². The summed E-state index contributed by atoms with van der Waals surface area (Å²) in [5.41, 5.74) is 6.23. The molecule has 90 valence electrons. The lowest BCUT2D eigenvalue weighted by molar-refractivity contribution is 0.651. The third-order valence-corrected chi connectivity index (χ3v) is 3.74. The van der Waals surface area contributed by atoms with Crippen molar-refractivity contribution in [2.24, 2.45) is 5.92 Å². The zero-order valence-corrected chi connectivity index (χ0v) is 11.6. The highest BCUT2D eigenvalue weighted by Crippen LogP contribution is 2.26. The molecule has 0 saturated heterocycles. The van der Waals surface area contributed by atoms with Gasteiger partial charge < -0.3 is 0 Å². The zero-order valence-electron chi connectivity index (χ0n) is 11.6. The normalized spacial score (nSPS) is 30.1. The lowest BCUT2D eigenvalue weighted by atomic mass is 9.88. The molecule has 1 aliphatic rings. The standard InChI is InChI=1S/C16H26/c1-12(2)16-10-9-13(3)7-6-8-14(4)15(5)11-16/h8-9,15H,6-7,10-11H2,1-5H3/b13-9+,14-8+/t15-/m1/s1. The van der Waals surface area contributed by atoms with E-state index in [-0.39, 0.29) is 0 Å². The van der Waals surface area contributed by atoms with Crippen molar-refractivity contribution in [3.63, 3.8) is 0 Å². The molecule has 1 aliphatic carbocycles. The molecule has 0 amide bonds. The molecule has 0 heteroatoms. The minimum absolute atomic E-state index is 0.705. The third kappa shape index (κ3) is 4.00. The number of rotatable bonds is 0. The van der Waals surface area contributed by atoms with E-state index in [0.29, 0.717) is 5.92 Å². The molecular weight excluding hydrogens is 192 g/mol. The Labute approximate surface area is 101 Å². The summed E-state index contributed by atoms with van der Waals surface area (Å²) < 4.78 is 0. The van der Waals surface area contributed by atoms with Crippen molar-refractivity contribution < 1.29 is 0 Å². The Morgan fingerprint density at radius 1 is 1.19 bits per heavy atom. The summed E-state index contributed by atoms with van der Waals surface area (Å²) in [5.74, 6) is 0.705. The van der Waals surface area contributed by atoms with Crippen LogP contribution in [0.4, 0.5) is 0 Å². The predicted octanol–water partition coefficient (Wildman–Crippen LogP) is 5.43. The van der Waals surface area contributed by atoms with Crippen molar-refractivity contribution in [1.82, 2.24) is 0 Å². The van der Waals surface area contributed by atoms with Crippen LogP contribution in [0, 0.1) is 5.92 Å². The molecule has 16 heavy (non-hydrogen) atoms. The Hall–Kier alpha value is -0.780. The van der Waals surface area contributed by atoms with Crippen LogP contribution in [0.3, 0.4) is 0 Å². The largest absolute Gasteiger partial charge is 0.0850 e. The maximum atomic E-state index is 2.43. The lowest BCUT2D eigenvalue weighted by Gasteiger charge is -2.18. The molecule has 0 nitrogen and oxygen atoms in total. The quantitative estimate of drug-likeness (QED) is 0.476. The number of hydrogen-bond acceptors (Lipinski definition) is 0. The van der Waals surface area contributed by atoms with Crippen LogP contribution in [0.5, 0.6) is 0 Å². The van der Waals surface area contributed by atoms with Gasteiger partial charge in [-0.2, -0.15) is 0 Å². The van der Waals surface area contributed by atoms with Gasteiger partial charge in [-0.05, 0) is 59.3 Å². The highest BCUT2D eigenvalue weighted by Gasteiger charge is 2.09. The Balaban J connectivity index is 2.92. The van der Waals surface area contributed by atoms with Gasteiger partial charge in [-0.1, -0.05) is 41.4 Å². The Morgan fingerprint density at radius 3 is 2.50 bits per heavy atom. The van der Waals surface area contributed by atoms with Gasteiger partial charge in [-0.15, -0.1) is 0 Å². The molecule has 0 aromatic carbocycles. The van der Waals surface area contributed by atoms with Crippen molar-refractivity contribution in [2.45, 2.75) is 60.3 Å². The maximum absolute atomic E-state index is 2.43. The summed E-state index contributed by atoms with van der Waals surface area (Å²) in [6, 6.07) is 0. The molecule has 0 fully saturated rings. The van der Waals surface area contributed by atoms with Crippen molar-refractivity contribution >= 4 is 0 Å². The van der Waals surface area contributed by atoms with Gasteiger partial charge in [0.25, 0.3) is 0 Å².